The lowest BCUT2D eigenvalue weighted by molar-refractivity contribution is 0.0893. The van der Waals surface area contributed by atoms with Gasteiger partial charge in [0.2, 0.25) is 0 Å². The number of nitrogens with zero attached hydrogens (tertiary/aromatic N) is 4. The van der Waals surface area contributed by atoms with Gasteiger partial charge in [-0.05, 0) is 61.7 Å². The van der Waals surface area contributed by atoms with Crippen molar-refractivity contribution in [3.05, 3.63) is 70.8 Å². The molecule has 5 rings (SSSR count). The molecule has 8 heteroatoms. The van der Waals surface area contributed by atoms with Crippen LogP contribution in [0.15, 0.2) is 59.5 Å². The molecule has 1 atom stereocenters. The number of fused-ring (bicyclic) bond motifs is 2. The van der Waals surface area contributed by atoms with Crippen LogP contribution in [0.2, 0.25) is 0 Å². The average molecular weight is 474 g/mol. The van der Waals surface area contributed by atoms with Crippen LogP contribution in [0.5, 0.6) is 0 Å². The fourth-order valence-corrected chi connectivity index (χ4v) is 4.80. The highest BCUT2D eigenvalue weighted by molar-refractivity contribution is 6.06. The molecule has 4 aromatic rings. The van der Waals surface area contributed by atoms with Gasteiger partial charge in [-0.15, -0.1) is 0 Å². The summed E-state index contributed by atoms with van der Waals surface area (Å²) in [6, 6.07) is 15.0. The second kappa shape index (κ2) is 9.92. The molecule has 182 valence electrons. The van der Waals surface area contributed by atoms with E-state index in [0.29, 0.717) is 34.6 Å². The van der Waals surface area contributed by atoms with E-state index in [1.165, 1.54) is 4.40 Å². The molecule has 0 bridgehead atoms. The normalized spacial score (nSPS) is 16.2. The predicted octanol–water partition coefficient (Wildman–Crippen LogP) is 4.32. The molecule has 0 radical (unpaired) electrons. The van der Waals surface area contributed by atoms with E-state index in [9.17, 15) is 9.59 Å². The van der Waals surface area contributed by atoms with Gasteiger partial charge in [-0.1, -0.05) is 19.4 Å². The van der Waals surface area contributed by atoms with Crippen LogP contribution in [0.3, 0.4) is 0 Å². The molecule has 1 aliphatic heterocycles. The Labute approximate surface area is 204 Å². The lowest BCUT2D eigenvalue weighted by atomic mass is 10.1. The van der Waals surface area contributed by atoms with E-state index >= 15 is 0 Å². The maximum absolute atomic E-state index is 13.3. The molecule has 1 aromatic carbocycles. The Morgan fingerprint density at radius 2 is 2.03 bits per heavy atom. The Morgan fingerprint density at radius 3 is 2.80 bits per heavy atom. The number of piperidine rings is 1. The molecule has 1 unspecified atom stereocenters. The van der Waals surface area contributed by atoms with Crippen molar-refractivity contribution in [2.45, 2.75) is 45.3 Å². The fourth-order valence-electron chi connectivity index (χ4n) is 4.80. The fraction of sp³-hybridized carbons (Fsp3) is 0.370. The third kappa shape index (κ3) is 4.53. The number of nitrogens with one attached hydrogen (secondary N) is 1. The molecule has 1 amide bonds. The molecule has 1 saturated heterocycles. The largest absolute Gasteiger partial charge is 0.380 e. The van der Waals surface area contributed by atoms with Gasteiger partial charge in [0, 0.05) is 44.3 Å². The third-order valence-electron chi connectivity index (χ3n) is 6.75. The number of carbonyl (C=O) groups excluding carboxylic acids is 1. The van der Waals surface area contributed by atoms with Crippen molar-refractivity contribution in [1.82, 2.24) is 14.0 Å². The van der Waals surface area contributed by atoms with Gasteiger partial charge in [-0.3, -0.25) is 14.0 Å². The van der Waals surface area contributed by atoms with Crippen LogP contribution in [0.4, 0.5) is 11.4 Å². The van der Waals surface area contributed by atoms with Gasteiger partial charge in [0.15, 0.2) is 0 Å². The van der Waals surface area contributed by atoms with E-state index in [-0.39, 0.29) is 17.6 Å². The second-order valence-corrected chi connectivity index (χ2v) is 9.06. The van der Waals surface area contributed by atoms with Crippen LogP contribution in [0.1, 0.15) is 43.1 Å². The first-order valence-corrected chi connectivity index (χ1v) is 12.3. The second-order valence-electron chi connectivity index (χ2n) is 9.06. The van der Waals surface area contributed by atoms with Crippen molar-refractivity contribution < 1.29 is 9.53 Å². The first-order chi connectivity index (χ1) is 17.1. The Kier molecular flexibility index (Phi) is 6.55. The summed E-state index contributed by atoms with van der Waals surface area (Å²) >= 11 is 0. The molecule has 3 aromatic heterocycles. The van der Waals surface area contributed by atoms with E-state index in [4.69, 9.17) is 9.72 Å². The summed E-state index contributed by atoms with van der Waals surface area (Å²) in [5.74, 6) is -0.252. The van der Waals surface area contributed by atoms with E-state index in [1.807, 2.05) is 34.9 Å². The lowest BCUT2D eigenvalue weighted by Crippen LogP contribution is -2.39. The van der Waals surface area contributed by atoms with Crippen LogP contribution in [-0.2, 0) is 11.3 Å². The lowest BCUT2D eigenvalue weighted by Gasteiger charge is -2.33. The van der Waals surface area contributed by atoms with Crippen molar-refractivity contribution in [3.63, 3.8) is 0 Å². The first kappa shape index (κ1) is 23.1. The molecule has 0 saturated carbocycles. The van der Waals surface area contributed by atoms with Crippen molar-refractivity contribution in [3.8, 4) is 0 Å². The van der Waals surface area contributed by atoms with Gasteiger partial charge < -0.3 is 19.5 Å². The van der Waals surface area contributed by atoms with Crippen molar-refractivity contribution >= 4 is 34.0 Å². The zero-order valence-corrected chi connectivity index (χ0v) is 20.2. The Hall–Kier alpha value is -3.65. The number of aromatic nitrogens is 3. The summed E-state index contributed by atoms with van der Waals surface area (Å²) in [4.78, 5) is 33.5. The maximum atomic E-state index is 13.3. The molecule has 1 N–H and O–H groups in total. The molecule has 35 heavy (non-hydrogen) atoms. The Bertz CT molecular complexity index is 1410. The number of anilines is 2. The number of ether oxygens (including phenoxy) is 1. The van der Waals surface area contributed by atoms with Crippen LogP contribution in [0, 0.1) is 0 Å². The highest BCUT2D eigenvalue weighted by atomic mass is 16.5. The van der Waals surface area contributed by atoms with Crippen molar-refractivity contribution in [2.75, 3.05) is 30.4 Å². The average Bonchev–Trinajstić information content (AvgIpc) is 3.27. The van der Waals surface area contributed by atoms with Gasteiger partial charge in [-0.25, -0.2) is 4.98 Å². The summed E-state index contributed by atoms with van der Waals surface area (Å²) in [5, 5.41) is 3.45. The first-order valence-electron chi connectivity index (χ1n) is 12.3. The van der Waals surface area contributed by atoms with Gasteiger partial charge >= 0.3 is 0 Å². The number of carbonyl (C=O) groups is 1. The standard InChI is InChI=1S/C27H31N5O3/c1-3-4-15-31-23(17-22-25(31)29-24-9-5-6-16-32(24)27(22)34)26(33)28-19-10-12-20(13-11-19)30-14-7-8-21(18-30)35-2/h5-6,9-13,16-17,21H,3-4,7-8,14-15,18H2,1-2H3,(H,28,33). The SMILES string of the molecule is CCCCn1c(C(=O)Nc2ccc(N3CCCC(OC)C3)cc2)cc2c(=O)n3ccccc3nc21. The number of hydrogen-bond acceptors (Lipinski definition) is 5. The number of benzene rings is 1. The number of unbranched alkanes of at least 4 members (excludes halogenated alkanes) is 1. The zero-order valence-electron chi connectivity index (χ0n) is 20.2. The highest BCUT2D eigenvalue weighted by Gasteiger charge is 2.21. The summed E-state index contributed by atoms with van der Waals surface area (Å²) in [6.45, 7) is 4.59. The number of amides is 1. The van der Waals surface area contributed by atoms with Crippen LogP contribution < -0.4 is 15.8 Å². The Morgan fingerprint density at radius 1 is 1.20 bits per heavy atom. The van der Waals surface area contributed by atoms with Gasteiger partial charge in [-0.2, -0.15) is 0 Å². The molecule has 4 heterocycles. The minimum atomic E-state index is -0.252. The maximum Gasteiger partial charge on any atom is 0.272 e. The van der Waals surface area contributed by atoms with E-state index in [0.717, 1.165) is 44.5 Å². The highest BCUT2D eigenvalue weighted by Crippen LogP contribution is 2.24. The van der Waals surface area contributed by atoms with Crippen molar-refractivity contribution in [2.24, 2.45) is 0 Å². The molecule has 0 spiro atoms. The summed E-state index contributed by atoms with van der Waals surface area (Å²) in [5.41, 5.74) is 3.21. The number of aryl methyl sites for hydroxylation is 1. The third-order valence-corrected chi connectivity index (χ3v) is 6.75. The number of methoxy groups -OCH3 is 1. The molecule has 0 aliphatic carbocycles. The Balaban J connectivity index is 1.43. The number of hydrogen-bond donors (Lipinski definition) is 1. The van der Waals surface area contributed by atoms with Crippen molar-refractivity contribution in [1.29, 1.82) is 0 Å². The topological polar surface area (TPSA) is 80.9 Å². The predicted molar refractivity (Wildman–Crippen MR) is 139 cm³/mol. The summed E-state index contributed by atoms with van der Waals surface area (Å²) in [6.07, 6.45) is 5.99. The quantitative estimate of drug-likeness (QED) is 0.432. The summed E-state index contributed by atoms with van der Waals surface area (Å²) in [7, 11) is 1.76. The minimum absolute atomic E-state index is 0.171. The molecule has 8 nitrogen and oxygen atoms in total. The van der Waals surface area contributed by atoms with Gasteiger partial charge in [0.05, 0.1) is 11.5 Å². The van der Waals surface area contributed by atoms with Crippen LogP contribution >= 0.6 is 0 Å². The molecular weight excluding hydrogens is 442 g/mol. The number of rotatable bonds is 7. The molecule has 1 aliphatic rings. The smallest absolute Gasteiger partial charge is 0.272 e. The zero-order chi connectivity index (χ0) is 24.4. The molecule has 1 fully saturated rings. The van der Waals surface area contributed by atoms with Crippen LogP contribution in [-0.4, -0.2) is 46.2 Å². The number of pyridine rings is 1. The van der Waals surface area contributed by atoms with E-state index in [1.54, 1.807) is 31.5 Å². The monoisotopic (exact) mass is 473 g/mol. The van der Waals surface area contributed by atoms with Crippen LogP contribution in [0.25, 0.3) is 16.7 Å². The van der Waals surface area contributed by atoms with Gasteiger partial charge in [0.1, 0.15) is 17.0 Å². The van der Waals surface area contributed by atoms with E-state index in [2.05, 4.69) is 17.1 Å². The van der Waals surface area contributed by atoms with Gasteiger partial charge in [0.25, 0.3) is 11.5 Å². The molecular formula is C27H31N5O3. The summed E-state index contributed by atoms with van der Waals surface area (Å²) < 4.78 is 8.92. The minimum Gasteiger partial charge on any atom is -0.380 e. The van der Waals surface area contributed by atoms with E-state index < -0.39 is 0 Å².